The fourth-order valence-corrected chi connectivity index (χ4v) is 4.19. The molecule has 1 atom stereocenters. The molecule has 8 heteroatoms. The molecule has 160 valence electrons. The second-order valence-corrected chi connectivity index (χ2v) is 8.47. The lowest BCUT2D eigenvalue weighted by atomic mass is 9.95. The Morgan fingerprint density at radius 3 is 2.60 bits per heavy atom. The molecule has 2 N–H and O–H groups in total. The Morgan fingerprint density at radius 2 is 1.93 bits per heavy atom. The van der Waals surface area contributed by atoms with Crippen LogP contribution in [-0.4, -0.2) is 32.0 Å². The van der Waals surface area contributed by atoms with E-state index >= 15 is 0 Å². The molecule has 30 heavy (non-hydrogen) atoms. The van der Waals surface area contributed by atoms with Crippen molar-refractivity contribution in [2.75, 3.05) is 0 Å². The first-order chi connectivity index (χ1) is 14.5. The van der Waals surface area contributed by atoms with Crippen molar-refractivity contribution in [3.8, 4) is 0 Å². The van der Waals surface area contributed by atoms with Crippen LogP contribution in [0.25, 0.3) is 0 Å². The molecule has 2 aromatic heterocycles. The number of aryl methyl sites for hydroxylation is 1. The van der Waals surface area contributed by atoms with Crippen LogP contribution in [0.2, 0.25) is 0 Å². The predicted octanol–water partition coefficient (Wildman–Crippen LogP) is 1.91. The summed E-state index contributed by atoms with van der Waals surface area (Å²) in [6, 6.07) is 2.88. The number of hydrogen-bond acceptors (Lipinski definition) is 4. The van der Waals surface area contributed by atoms with Crippen molar-refractivity contribution in [1.29, 1.82) is 0 Å². The van der Waals surface area contributed by atoms with Gasteiger partial charge in [-0.05, 0) is 37.7 Å². The smallest absolute Gasteiger partial charge is 0.253 e. The number of carbonyl (C=O) groups excluding carboxylic acids is 2. The number of amides is 2. The van der Waals surface area contributed by atoms with Crippen LogP contribution in [0, 0.1) is 5.92 Å². The monoisotopic (exact) mass is 411 g/mol. The van der Waals surface area contributed by atoms with Crippen LogP contribution in [0.1, 0.15) is 67.2 Å². The predicted molar refractivity (Wildman–Crippen MR) is 112 cm³/mol. The van der Waals surface area contributed by atoms with Crippen LogP contribution in [0.5, 0.6) is 0 Å². The van der Waals surface area contributed by atoms with Crippen LogP contribution in [0.3, 0.4) is 0 Å². The summed E-state index contributed by atoms with van der Waals surface area (Å²) in [7, 11) is 1.91. The fourth-order valence-electron chi connectivity index (χ4n) is 4.19. The molecule has 2 fully saturated rings. The van der Waals surface area contributed by atoms with Crippen molar-refractivity contribution in [1.82, 2.24) is 24.8 Å². The zero-order valence-corrected chi connectivity index (χ0v) is 17.3. The minimum atomic E-state index is -0.298. The van der Waals surface area contributed by atoms with E-state index in [4.69, 9.17) is 0 Å². The van der Waals surface area contributed by atoms with E-state index in [1.807, 2.05) is 17.8 Å². The van der Waals surface area contributed by atoms with E-state index in [9.17, 15) is 14.4 Å². The molecule has 2 aromatic rings. The van der Waals surface area contributed by atoms with Gasteiger partial charge in [0.05, 0.1) is 11.6 Å². The lowest BCUT2D eigenvalue weighted by molar-refractivity contribution is -0.122. The molecule has 2 aliphatic rings. The van der Waals surface area contributed by atoms with Gasteiger partial charge in [-0.1, -0.05) is 19.3 Å². The number of aromatic nitrogens is 3. The lowest BCUT2D eigenvalue weighted by Gasteiger charge is -2.23. The highest BCUT2D eigenvalue weighted by Gasteiger charge is 2.36. The van der Waals surface area contributed by atoms with E-state index in [1.54, 1.807) is 6.20 Å². The van der Waals surface area contributed by atoms with E-state index < -0.39 is 0 Å². The number of nitrogens with zero attached hydrogens (tertiary/aromatic N) is 3. The summed E-state index contributed by atoms with van der Waals surface area (Å²) in [4.78, 5) is 41.9. The Balaban J connectivity index is 1.44. The first kappa shape index (κ1) is 20.4. The SMILES string of the molecule is Cn1ccnc1C(NC(=O)c1ccc(=O)n(CC(=O)NC2CCCCC2)c1)C1CC1. The van der Waals surface area contributed by atoms with Crippen molar-refractivity contribution in [3.63, 3.8) is 0 Å². The molecule has 2 amide bonds. The number of rotatable bonds is 7. The average Bonchev–Trinajstić information content (AvgIpc) is 3.49. The third kappa shape index (κ3) is 4.80. The average molecular weight is 412 g/mol. The first-order valence-corrected chi connectivity index (χ1v) is 10.8. The van der Waals surface area contributed by atoms with Crippen LogP contribution < -0.4 is 16.2 Å². The topological polar surface area (TPSA) is 98.0 Å². The van der Waals surface area contributed by atoms with E-state index in [0.717, 1.165) is 44.3 Å². The maximum Gasteiger partial charge on any atom is 0.253 e. The van der Waals surface area contributed by atoms with E-state index in [1.165, 1.54) is 29.3 Å². The van der Waals surface area contributed by atoms with Crippen LogP contribution in [0.15, 0.2) is 35.5 Å². The molecule has 2 saturated carbocycles. The third-order valence-electron chi connectivity index (χ3n) is 6.05. The van der Waals surface area contributed by atoms with Gasteiger partial charge in [0.2, 0.25) is 5.91 Å². The Labute approximate surface area is 175 Å². The molecular weight excluding hydrogens is 382 g/mol. The van der Waals surface area contributed by atoms with Crippen LogP contribution in [-0.2, 0) is 18.4 Å². The second kappa shape index (κ2) is 8.85. The zero-order valence-electron chi connectivity index (χ0n) is 17.3. The molecule has 0 aliphatic heterocycles. The number of imidazole rings is 1. The summed E-state index contributed by atoms with van der Waals surface area (Å²) in [6.07, 6.45) is 12.6. The van der Waals surface area contributed by atoms with E-state index in [0.29, 0.717) is 11.5 Å². The highest BCUT2D eigenvalue weighted by molar-refractivity contribution is 5.94. The molecule has 0 aromatic carbocycles. The Bertz CT molecular complexity index is 969. The summed E-state index contributed by atoms with van der Waals surface area (Å²) < 4.78 is 3.22. The molecule has 0 radical (unpaired) electrons. The highest BCUT2D eigenvalue weighted by Crippen LogP contribution is 2.40. The maximum atomic E-state index is 12.9. The third-order valence-corrected chi connectivity index (χ3v) is 6.05. The normalized spacial score (nSPS) is 18.0. The van der Waals surface area contributed by atoms with Gasteiger partial charge in [-0.3, -0.25) is 14.4 Å². The zero-order chi connectivity index (χ0) is 21.1. The van der Waals surface area contributed by atoms with Crippen molar-refractivity contribution < 1.29 is 9.59 Å². The Kier molecular flexibility index (Phi) is 6.01. The van der Waals surface area contributed by atoms with Crippen molar-refractivity contribution in [2.24, 2.45) is 13.0 Å². The lowest BCUT2D eigenvalue weighted by Crippen LogP contribution is -2.40. The van der Waals surface area contributed by atoms with Gasteiger partial charge in [-0.25, -0.2) is 4.98 Å². The van der Waals surface area contributed by atoms with Gasteiger partial charge >= 0.3 is 0 Å². The number of hydrogen-bond donors (Lipinski definition) is 2. The quantitative estimate of drug-likeness (QED) is 0.727. The van der Waals surface area contributed by atoms with Gasteiger partial charge in [0.1, 0.15) is 12.4 Å². The van der Waals surface area contributed by atoms with Crippen LogP contribution >= 0.6 is 0 Å². The Morgan fingerprint density at radius 1 is 1.17 bits per heavy atom. The van der Waals surface area contributed by atoms with Gasteiger partial charge in [0, 0.05) is 37.7 Å². The van der Waals surface area contributed by atoms with Crippen LogP contribution in [0.4, 0.5) is 0 Å². The highest BCUT2D eigenvalue weighted by atomic mass is 16.2. The molecule has 2 heterocycles. The van der Waals surface area contributed by atoms with Crippen molar-refractivity contribution in [2.45, 2.75) is 63.6 Å². The Hall–Kier alpha value is -2.90. The summed E-state index contributed by atoms with van der Waals surface area (Å²) in [5, 5.41) is 6.08. The largest absolute Gasteiger partial charge is 0.352 e. The van der Waals surface area contributed by atoms with Gasteiger partial charge in [-0.15, -0.1) is 0 Å². The summed E-state index contributed by atoms with van der Waals surface area (Å²) >= 11 is 0. The molecule has 2 aliphatic carbocycles. The molecule has 8 nitrogen and oxygen atoms in total. The van der Waals surface area contributed by atoms with Gasteiger partial charge in [0.15, 0.2) is 0 Å². The van der Waals surface area contributed by atoms with E-state index in [-0.39, 0.29) is 36.0 Å². The standard InChI is InChI=1S/C22H29N5O3/c1-26-12-11-23-21(26)20(15-7-8-15)25-22(30)16-9-10-19(29)27(13-16)14-18(28)24-17-5-3-2-4-6-17/h9-13,15,17,20H,2-8,14H2,1H3,(H,24,28)(H,25,30). The second-order valence-electron chi connectivity index (χ2n) is 8.47. The van der Waals surface area contributed by atoms with Crippen molar-refractivity contribution in [3.05, 3.63) is 52.5 Å². The minimum absolute atomic E-state index is 0.0815. The van der Waals surface area contributed by atoms with Crippen molar-refractivity contribution >= 4 is 11.8 Å². The first-order valence-electron chi connectivity index (χ1n) is 10.8. The molecule has 1 unspecified atom stereocenters. The molecule has 0 saturated heterocycles. The maximum absolute atomic E-state index is 12.9. The fraction of sp³-hybridized carbons (Fsp3) is 0.545. The molecule has 0 bridgehead atoms. The molecular formula is C22H29N5O3. The van der Waals surface area contributed by atoms with Gasteiger partial charge < -0.3 is 19.8 Å². The summed E-state index contributed by atoms with van der Waals surface area (Å²) in [6.45, 7) is -0.0815. The molecule has 0 spiro atoms. The molecule has 4 rings (SSSR count). The van der Waals surface area contributed by atoms with E-state index in [2.05, 4.69) is 15.6 Å². The number of pyridine rings is 1. The minimum Gasteiger partial charge on any atom is -0.352 e. The number of carbonyl (C=O) groups is 2. The summed E-state index contributed by atoms with van der Waals surface area (Å²) in [5.74, 6) is 0.745. The van der Waals surface area contributed by atoms with Gasteiger partial charge in [0.25, 0.3) is 11.5 Å². The number of nitrogens with one attached hydrogen (secondary N) is 2. The van der Waals surface area contributed by atoms with Gasteiger partial charge in [-0.2, -0.15) is 0 Å². The summed E-state index contributed by atoms with van der Waals surface area (Å²) in [5.41, 5.74) is 0.0631.